The first-order valence-corrected chi connectivity index (χ1v) is 9.80. The Morgan fingerprint density at radius 3 is 2.28 bits per heavy atom. The Kier molecular flexibility index (Phi) is 8.14. The average molecular weight is 354 g/mol. The summed E-state index contributed by atoms with van der Waals surface area (Å²) in [6, 6.07) is 0. The topological polar surface area (TPSA) is 72.5 Å². The van der Waals surface area contributed by atoms with Gasteiger partial charge in [-0.25, -0.2) is 0 Å². The zero-order valence-corrected chi connectivity index (χ0v) is 16.9. The number of allylic oxidation sites excluding steroid dienone is 1. The second-order valence-corrected chi connectivity index (χ2v) is 9.21. The molecule has 1 saturated carbocycles. The van der Waals surface area contributed by atoms with Gasteiger partial charge in [-0.2, -0.15) is 0 Å². The molecular formula is C21H39NO3. The SMILES string of the molecule is C=CC(C[C@H](O)[C@H](CC1(N)CCCCC1)C(=O)OC(C)(C)C)C(C)C. The predicted molar refractivity (Wildman–Crippen MR) is 103 cm³/mol. The van der Waals surface area contributed by atoms with Gasteiger partial charge in [0.15, 0.2) is 0 Å². The van der Waals surface area contributed by atoms with E-state index < -0.39 is 17.6 Å². The Bertz CT molecular complexity index is 433. The largest absolute Gasteiger partial charge is 0.460 e. The molecule has 0 radical (unpaired) electrons. The Hall–Kier alpha value is -0.870. The van der Waals surface area contributed by atoms with Gasteiger partial charge in [0.25, 0.3) is 0 Å². The minimum atomic E-state index is -0.761. The molecule has 0 aromatic heterocycles. The quantitative estimate of drug-likeness (QED) is 0.506. The van der Waals surface area contributed by atoms with Crippen LogP contribution in [0.4, 0.5) is 0 Å². The van der Waals surface area contributed by atoms with Crippen molar-refractivity contribution < 1.29 is 14.6 Å². The lowest BCUT2D eigenvalue weighted by molar-refractivity contribution is -0.165. The fourth-order valence-corrected chi connectivity index (χ4v) is 3.74. The zero-order valence-electron chi connectivity index (χ0n) is 16.9. The van der Waals surface area contributed by atoms with E-state index in [1.54, 1.807) is 0 Å². The van der Waals surface area contributed by atoms with Gasteiger partial charge in [0.2, 0.25) is 0 Å². The molecule has 0 bridgehead atoms. The van der Waals surface area contributed by atoms with E-state index in [0.29, 0.717) is 18.8 Å². The molecule has 4 heteroatoms. The molecule has 1 unspecified atom stereocenters. The highest BCUT2D eigenvalue weighted by molar-refractivity contribution is 5.73. The summed E-state index contributed by atoms with van der Waals surface area (Å²) < 4.78 is 5.60. The molecule has 1 aliphatic carbocycles. The molecule has 4 nitrogen and oxygen atoms in total. The lowest BCUT2D eigenvalue weighted by atomic mass is 9.74. The second-order valence-electron chi connectivity index (χ2n) is 9.21. The van der Waals surface area contributed by atoms with Crippen molar-refractivity contribution in [2.45, 2.75) is 96.8 Å². The van der Waals surface area contributed by atoms with E-state index in [9.17, 15) is 9.90 Å². The summed E-state index contributed by atoms with van der Waals surface area (Å²) in [5.41, 5.74) is 5.64. The van der Waals surface area contributed by atoms with Crippen molar-refractivity contribution in [3.05, 3.63) is 12.7 Å². The van der Waals surface area contributed by atoms with Gasteiger partial charge in [0, 0.05) is 5.54 Å². The molecule has 0 aliphatic heterocycles. The highest BCUT2D eigenvalue weighted by Crippen LogP contribution is 2.35. The van der Waals surface area contributed by atoms with Crippen LogP contribution in [-0.2, 0) is 9.53 Å². The van der Waals surface area contributed by atoms with E-state index in [4.69, 9.17) is 10.5 Å². The predicted octanol–water partition coefficient (Wildman–Crippen LogP) is 4.21. The van der Waals surface area contributed by atoms with Crippen molar-refractivity contribution in [2.75, 3.05) is 0 Å². The van der Waals surface area contributed by atoms with Gasteiger partial charge < -0.3 is 15.6 Å². The number of rotatable bonds is 8. The smallest absolute Gasteiger partial charge is 0.312 e. The van der Waals surface area contributed by atoms with Crippen molar-refractivity contribution in [3.8, 4) is 0 Å². The van der Waals surface area contributed by atoms with Crippen LogP contribution in [0.1, 0.15) is 79.6 Å². The summed E-state index contributed by atoms with van der Waals surface area (Å²) in [5, 5.41) is 10.9. The van der Waals surface area contributed by atoms with Crippen LogP contribution in [0.5, 0.6) is 0 Å². The van der Waals surface area contributed by atoms with Crippen LogP contribution in [0.25, 0.3) is 0 Å². The average Bonchev–Trinajstić information content (AvgIpc) is 2.48. The fraction of sp³-hybridized carbons (Fsp3) is 0.857. The first-order chi connectivity index (χ1) is 11.5. The summed E-state index contributed by atoms with van der Waals surface area (Å²) in [5.74, 6) is -0.376. The maximum Gasteiger partial charge on any atom is 0.312 e. The summed E-state index contributed by atoms with van der Waals surface area (Å²) in [6.45, 7) is 13.6. The van der Waals surface area contributed by atoms with E-state index in [2.05, 4.69) is 20.4 Å². The van der Waals surface area contributed by atoms with Crippen molar-refractivity contribution >= 4 is 5.97 Å². The van der Waals surface area contributed by atoms with Crippen LogP contribution in [0, 0.1) is 17.8 Å². The van der Waals surface area contributed by atoms with Crippen LogP contribution in [-0.4, -0.2) is 28.3 Å². The molecule has 0 aromatic rings. The number of carbonyl (C=O) groups is 1. The Labute approximate surface area is 154 Å². The van der Waals surface area contributed by atoms with Gasteiger partial charge in [-0.3, -0.25) is 4.79 Å². The Morgan fingerprint density at radius 1 is 1.28 bits per heavy atom. The van der Waals surface area contributed by atoms with E-state index in [0.717, 1.165) is 25.7 Å². The van der Waals surface area contributed by atoms with Gasteiger partial charge in [0.1, 0.15) is 5.60 Å². The molecule has 3 atom stereocenters. The maximum atomic E-state index is 12.8. The number of aliphatic hydroxyl groups excluding tert-OH is 1. The molecule has 0 amide bonds. The van der Waals surface area contributed by atoms with Crippen molar-refractivity contribution in [2.24, 2.45) is 23.5 Å². The number of ether oxygens (including phenoxy) is 1. The van der Waals surface area contributed by atoms with Gasteiger partial charge in [-0.15, -0.1) is 6.58 Å². The summed E-state index contributed by atoms with van der Waals surface area (Å²) in [6.07, 6.45) is 7.32. The highest BCUT2D eigenvalue weighted by Gasteiger charge is 2.39. The third-order valence-corrected chi connectivity index (χ3v) is 5.32. The van der Waals surface area contributed by atoms with E-state index in [1.165, 1.54) is 6.42 Å². The number of nitrogens with two attached hydrogens (primary N) is 1. The van der Waals surface area contributed by atoms with Crippen molar-refractivity contribution in [1.82, 2.24) is 0 Å². The van der Waals surface area contributed by atoms with Crippen molar-refractivity contribution in [1.29, 1.82) is 0 Å². The first-order valence-electron chi connectivity index (χ1n) is 9.80. The van der Waals surface area contributed by atoms with Gasteiger partial charge in [0.05, 0.1) is 12.0 Å². The minimum Gasteiger partial charge on any atom is -0.460 e. The molecule has 0 aromatic carbocycles. The Balaban J connectivity index is 2.92. The summed E-state index contributed by atoms with van der Waals surface area (Å²) in [4.78, 5) is 12.8. The van der Waals surface area contributed by atoms with E-state index in [-0.39, 0.29) is 17.4 Å². The lowest BCUT2D eigenvalue weighted by Crippen LogP contribution is -2.48. The van der Waals surface area contributed by atoms with Crippen molar-refractivity contribution in [3.63, 3.8) is 0 Å². The molecule has 1 fully saturated rings. The van der Waals surface area contributed by atoms with Gasteiger partial charge in [-0.05, 0) is 58.3 Å². The van der Waals surface area contributed by atoms with E-state index in [1.807, 2.05) is 26.8 Å². The maximum absolute atomic E-state index is 12.8. The van der Waals surface area contributed by atoms with Gasteiger partial charge in [-0.1, -0.05) is 39.2 Å². The standard InChI is InChI=1S/C21H39NO3/c1-7-16(15(2)3)13-18(23)17(19(24)25-20(4,5)6)14-21(22)11-9-8-10-12-21/h7,15-18,23H,1,8-14,22H2,2-6H3/t16?,17-,18-/m0/s1. The molecule has 146 valence electrons. The second kappa shape index (κ2) is 9.18. The van der Waals surface area contributed by atoms with Crippen LogP contribution in [0.3, 0.4) is 0 Å². The van der Waals surface area contributed by atoms with Crippen LogP contribution in [0.15, 0.2) is 12.7 Å². The third-order valence-electron chi connectivity index (χ3n) is 5.32. The monoisotopic (exact) mass is 353 g/mol. The molecular weight excluding hydrogens is 314 g/mol. The highest BCUT2D eigenvalue weighted by atomic mass is 16.6. The summed E-state index contributed by atoms with van der Waals surface area (Å²) in [7, 11) is 0. The number of hydrogen-bond donors (Lipinski definition) is 2. The number of aliphatic hydroxyl groups is 1. The van der Waals surface area contributed by atoms with E-state index >= 15 is 0 Å². The molecule has 25 heavy (non-hydrogen) atoms. The molecule has 0 spiro atoms. The molecule has 1 aliphatic rings. The normalized spacial score (nSPS) is 21.4. The fourth-order valence-electron chi connectivity index (χ4n) is 3.74. The lowest BCUT2D eigenvalue weighted by Gasteiger charge is -2.38. The molecule has 3 N–H and O–H groups in total. The first kappa shape index (κ1) is 22.2. The molecule has 0 saturated heterocycles. The Morgan fingerprint density at radius 2 is 1.84 bits per heavy atom. The molecule has 1 rings (SSSR count). The van der Waals surface area contributed by atoms with Crippen LogP contribution < -0.4 is 5.73 Å². The number of hydrogen-bond acceptors (Lipinski definition) is 4. The summed E-state index contributed by atoms with van der Waals surface area (Å²) >= 11 is 0. The van der Waals surface area contributed by atoms with Crippen LogP contribution >= 0.6 is 0 Å². The molecule has 0 heterocycles. The van der Waals surface area contributed by atoms with Gasteiger partial charge >= 0.3 is 5.97 Å². The van der Waals surface area contributed by atoms with Crippen LogP contribution in [0.2, 0.25) is 0 Å². The number of esters is 1. The minimum absolute atomic E-state index is 0.167. The number of carbonyl (C=O) groups excluding carboxylic acids is 1. The third kappa shape index (κ3) is 7.49. The zero-order chi connectivity index (χ0) is 19.3.